The standard InChI is InChI=1S/C28H29F4N5O2/c1-16(18-8-7-9-20(23(18)29)28(30,31)32)33-25-19-14-37(21-10-5-6-11-22(21)39-4)26(38)27(12-13-36(3)15-27)24(19)34-17(2)35-25/h5-11,16H,12-15H2,1-4H3,(H,33,34,35)/t16-,27?/m1/s1. The van der Waals surface area contributed by atoms with Crippen LogP contribution in [-0.4, -0.2) is 48.0 Å². The highest BCUT2D eigenvalue weighted by Crippen LogP contribution is 2.46. The molecule has 0 aliphatic carbocycles. The monoisotopic (exact) mass is 543 g/mol. The van der Waals surface area contributed by atoms with Crippen molar-refractivity contribution in [1.29, 1.82) is 0 Å². The Morgan fingerprint density at radius 2 is 1.87 bits per heavy atom. The van der Waals surface area contributed by atoms with E-state index in [4.69, 9.17) is 9.72 Å². The molecule has 2 aromatic carbocycles. The summed E-state index contributed by atoms with van der Waals surface area (Å²) in [5, 5.41) is 3.14. The molecule has 2 aliphatic rings. The number of halogens is 4. The molecular weight excluding hydrogens is 514 g/mol. The number of carbonyl (C=O) groups excluding carboxylic acids is 1. The Bertz CT molecular complexity index is 1430. The van der Waals surface area contributed by atoms with Crippen molar-refractivity contribution in [2.45, 2.75) is 44.4 Å². The molecule has 3 aromatic rings. The number of hydrogen-bond acceptors (Lipinski definition) is 6. The Hall–Kier alpha value is -3.73. The van der Waals surface area contributed by atoms with Crippen molar-refractivity contribution >= 4 is 17.4 Å². The van der Waals surface area contributed by atoms with Crippen molar-refractivity contribution < 1.29 is 27.1 Å². The van der Waals surface area contributed by atoms with E-state index in [1.165, 1.54) is 19.2 Å². The van der Waals surface area contributed by atoms with Crippen LogP contribution in [0.25, 0.3) is 0 Å². The lowest BCUT2D eigenvalue weighted by Gasteiger charge is -2.41. The highest BCUT2D eigenvalue weighted by molar-refractivity contribution is 6.04. The number of likely N-dealkylation sites (N-methyl/N-ethyl adjacent to an activating group) is 1. The molecule has 1 saturated heterocycles. The predicted molar refractivity (Wildman–Crippen MR) is 138 cm³/mol. The fourth-order valence-electron chi connectivity index (χ4n) is 5.65. The number of methoxy groups -OCH3 is 1. The van der Waals surface area contributed by atoms with Gasteiger partial charge in [-0.15, -0.1) is 0 Å². The number of rotatable bonds is 5. The van der Waals surface area contributed by atoms with Gasteiger partial charge < -0.3 is 19.9 Å². The maximum absolute atomic E-state index is 15.0. The number of aryl methyl sites for hydroxylation is 1. The van der Waals surface area contributed by atoms with Crippen LogP contribution in [0.5, 0.6) is 5.75 Å². The van der Waals surface area contributed by atoms with Crippen LogP contribution in [0, 0.1) is 12.7 Å². The summed E-state index contributed by atoms with van der Waals surface area (Å²) in [5.41, 5.74) is -0.588. The number of amides is 1. The third-order valence-electron chi connectivity index (χ3n) is 7.53. The van der Waals surface area contributed by atoms with E-state index < -0.39 is 29.0 Å². The van der Waals surface area contributed by atoms with E-state index in [1.807, 2.05) is 19.2 Å². The van der Waals surface area contributed by atoms with E-state index in [-0.39, 0.29) is 18.0 Å². The van der Waals surface area contributed by atoms with Crippen molar-refractivity contribution in [2.75, 3.05) is 37.5 Å². The molecule has 1 aromatic heterocycles. The smallest absolute Gasteiger partial charge is 0.419 e. The topological polar surface area (TPSA) is 70.6 Å². The summed E-state index contributed by atoms with van der Waals surface area (Å²) in [6.45, 7) is 4.51. The van der Waals surface area contributed by atoms with Gasteiger partial charge >= 0.3 is 6.18 Å². The molecule has 1 N–H and O–H groups in total. The van der Waals surface area contributed by atoms with Gasteiger partial charge in [0.1, 0.15) is 28.6 Å². The van der Waals surface area contributed by atoms with Crippen molar-refractivity contribution in [3.63, 3.8) is 0 Å². The van der Waals surface area contributed by atoms with Crippen molar-refractivity contribution in [2.24, 2.45) is 0 Å². The molecule has 0 bridgehead atoms. The van der Waals surface area contributed by atoms with Crippen LogP contribution in [-0.2, 0) is 22.9 Å². The molecule has 1 spiro atoms. The van der Waals surface area contributed by atoms with Crippen molar-refractivity contribution in [3.05, 3.63) is 76.5 Å². The lowest BCUT2D eigenvalue weighted by atomic mass is 9.76. The molecule has 1 fully saturated rings. The second kappa shape index (κ2) is 9.78. The zero-order valence-electron chi connectivity index (χ0n) is 22.1. The molecule has 2 atom stereocenters. The van der Waals surface area contributed by atoms with E-state index in [9.17, 15) is 22.4 Å². The van der Waals surface area contributed by atoms with Gasteiger partial charge in [-0.3, -0.25) is 4.79 Å². The molecule has 39 heavy (non-hydrogen) atoms. The van der Waals surface area contributed by atoms with Crippen LogP contribution < -0.4 is 15.0 Å². The van der Waals surface area contributed by atoms with Gasteiger partial charge in [0.15, 0.2) is 0 Å². The van der Waals surface area contributed by atoms with Gasteiger partial charge in [-0.05, 0) is 52.1 Å². The third-order valence-corrected chi connectivity index (χ3v) is 7.53. The lowest BCUT2D eigenvalue weighted by Crippen LogP contribution is -2.53. The van der Waals surface area contributed by atoms with E-state index >= 15 is 0 Å². The average Bonchev–Trinajstić information content (AvgIpc) is 3.28. The fourth-order valence-corrected chi connectivity index (χ4v) is 5.65. The van der Waals surface area contributed by atoms with Gasteiger partial charge in [0.2, 0.25) is 5.91 Å². The average molecular weight is 544 g/mol. The summed E-state index contributed by atoms with van der Waals surface area (Å²) in [6.07, 6.45) is -4.28. The number of benzene rings is 2. The molecular formula is C28H29F4N5O2. The Morgan fingerprint density at radius 3 is 2.54 bits per heavy atom. The molecule has 0 saturated carbocycles. The minimum absolute atomic E-state index is 0.107. The quantitative estimate of drug-likeness (QED) is 0.444. The number of para-hydroxylation sites is 2. The second-order valence-electron chi connectivity index (χ2n) is 10.2. The molecule has 3 heterocycles. The second-order valence-corrected chi connectivity index (χ2v) is 10.2. The normalized spacial score (nSPS) is 20.3. The first-order valence-corrected chi connectivity index (χ1v) is 12.6. The summed E-state index contributed by atoms with van der Waals surface area (Å²) >= 11 is 0. The number of anilines is 2. The Balaban J connectivity index is 1.62. The molecule has 206 valence electrons. The third kappa shape index (κ3) is 4.58. The molecule has 7 nitrogen and oxygen atoms in total. The minimum Gasteiger partial charge on any atom is -0.495 e. The number of alkyl halides is 3. The number of nitrogens with zero attached hydrogens (tertiary/aromatic N) is 4. The van der Waals surface area contributed by atoms with Gasteiger partial charge in [-0.2, -0.15) is 13.2 Å². The van der Waals surface area contributed by atoms with Crippen LogP contribution in [0.15, 0.2) is 42.5 Å². The van der Waals surface area contributed by atoms with Gasteiger partial charge in [0.05, 0.1) is 36.6 Å². The largest absolute Gasteiger partial charge is 0.495 e. The van der Waals surface area contributed by atoms with Crippen LogP contribution in [0.1, 0.15) is 47.6 Å². The van der Waals surface area contributed by atoms with Gasteiger partial charge in [-0.1, -0.05) is 24.3 Å². The summed E-state index contributed by atoms with van der Waals surface area (Å²) in [6, 6.07) is 9.58. The van der Waals surface area contributed by atoms with Crippen LogP contribution in [0.3, 0.4) is 0 Å². The van der Waals surface area contributed by atoms with Crippen LogP contribution in [0.4, 0.5) is 29.1 Å². The first-order valence-electron chi connectivity index (χ1n) is 12.6. The zero-order valence-corrected chi connectivity index (χ0v) is 22.1. The molecule has 1 amide bonds. The van der Waals surface area contributed by atoms with Crippen LogP contribution >= 0.6 is 0 Å². The molecule has 1 unspecified atom stereocenters. The molecule has 5 rings (SSSR count). The summed E-state index contributed by atoms with van der Waals surface area (Å²) in [5.74, 6) is -0.157. The summed E-state index contributed by atoms with van der Waals surface area (Å²) in [4.78, 5) is 27.2. The fraction of sp³-hybridized carbons (Fsp3) is 0.393. The molecule has 11 heteroatoms. The highest BCUT2D eigenvalue weighted by atomic mass is 19.4. The maximum atomic E-state index is 15.0. The minimum atomic E-state index is -4.82. The number of hydrogen-bond donors (Lipinski definition) is 1. The maximum Gasteiger partial charge on any atom is 0.419 e. The SMILES string of the molecule is COc1ccccc1N1Cc2c(N[C@H](C)c3cccc(C(F)(F)F)c3F)nc(C)nc2C2(CCN(C)C2)C1=O. The molecule has 0 radical (unpaired) electrons. The first kappa shape index (κ1) is 26.9. The number of likely N-dealkylation sites (tertiary alicyclic amines) is 1. The van der Waals surface area contributed by atoms with Gasteiger partial charge in [0, 0.05) is 17.7 Å². The van der Waals surface area contributed by atoms with E-state index in [2.05, 4.69) is 15.2 Å². The van der Waals surface area contributed by atoms with Crippen molar-refractivity contribution in [1.82, 2.24) is 14.9 Å². The predicted octanol–water partition coefficient (Wildman–Crippen LogP) is 5.24. The van der Waals surface area contributed by atoms with Gasteiger partial charge in [-0.25, -0.2) is 14.4 Å². The summed E-state index contributed by atoms with van der Waals surface area (Å²) < 4.78 is 60.6. The number of ether oxygens (including phenoxy) is 1. The first-order chi connectivity index (χ1) is 18.5. The number of fused-ring (bicyclic) bond motifs is 2. The van der Waals surface area contributed by atoms with Gasteiger partial charge in [0.25, 0.3) is 0 Å². The Kier molecular flexibility index (Phi) is 6.74. The Morgan fingerprint density at radius 1 is 1.13 bits per heavy atom. The number of aromatic nitrogens is 2. The lowest BCUT2D eigenvalue weighted by molar-refractivity contribution is -0.140. The number of nitrogens with one attached hydrogen (secondary N) is 1. The highest BCUT2D eigenvalue weighted by Gasteiger charge is 2.53. The van der Waals surface area contributed by atoms with E-state index in [0.717, 1.165) is 6.07 Å². The number of carbonyl (C=O) groups is 1. The summed E-state index contributed by atoms with van der Waals surface area (Å²) in [7, 11) is 3.47. The Labute approximate surface area is 223 Å². The van der Waals surface area contributed by atoms with E-state index in [1.54, 1.807) is 30.9 Å². The zero-order chi connectivity index (χ0) is 28.1. The van der Waals surface area contributed by atoms with E-state index in [0.29, 0.717) is 53.8 Å². The van der Waals surface area contributed by atoms with Crippen LogP contribution in [0.2, 0.25) is 0 Å². The van der Waals surface area contributed by atoms with Crippen molar-refractivity contribution in [3.8, 4) is 5.75 Å². The molecule has 2 aliphatic heterocycles.